The summed E-state index contributed by atoms with van der Waals surface area (Å²) in [5, 5.41) is 4.96. The number of anilines is 2. The summed E-state index contributed by atoms with van der Waals surface area (Å²) in [5.41, 5.74) is 0.499. The van der Waals surface area contributed by atoms with Crippen LogP contribution in [0, 0.1) is 0 Å². The lowest BCUT2D eigenvalue weighted by Crippen LogP contribution is -2.36. The van der Waals surface area contributed by atoms with Gasteiger partial charge in [0.2, 0.25) is 0 Å². The lowest BCUT2D eigenvalue weighted by Gasteiger charge is -2.27. The molecule has 1 fully saturated rings. The van der Waals surface area contributed by atoms with Crippen molar-refractivity contribution in [2.24, 2.45) is 0 Å². The molecule has 2 N–H and O–H groups in total. The van der Waals surface area contributed by atoms with Gasteiger partial charge in [-0.25, -0.2) is 4.98 Å². The second kappa shape index (κ2) is 7.93. The fourth-order valence-corrected chi connectivity index (χ4v) is 2.35. The molecule has 1 aliphatic heterocycles. The maximum atomic E-state index is 11.7. The van der Waals surface area contributed by atoms with Crippen molar-refractivity contribution < 1.29 is 9.59 Å². The van der Waals surface area contributed by atoms with Crippen LogP contribution in [0.2, 0.25) is 0 Å². The zero-order valence-electron chi connectivity index (χ0n) is 12.3. The van der Waals surface area contributed by atoms with Crippen LogP contribution in [0.3, 0.4) is 0 Å². The molecule has 2 rings (SSSR count). The Balaban J connectivity index is 1.88. The molecule has 1 aliphatic rings. The van der Waals surface area contributed by atoms with E-state index >= 15 is 0 Å². The molecule has 0 bridgehead atoms. The number of nitrogens with zero attached hydrogens (tertiary/aromatic N) is 2. The van der Waals surface area contributed by atoms with Crippen LogP contribution in [0.4, 0.5) is 11.5 Å². The fraction of sp³-hybridized carbons (Fsp3) is 0.400. The fourth-order valence-electron chi connectivity index (χ4n) is 2.21. The Kier molecular flexibility index (Phi) is 5.94. The van der Waals surface area contributed by atoms with Crippen molar-refractivity contribution >= 4 is 39.2 Å². The second-order valence-electron chi connectivity index (χ2n) is 5.11. The first-order chi connectivity index (χ1) is 10.6. The standard InChI is InChI=1S/C15H19BrN4O2/c1-11(16)9-18-14(21)15(22)19-12-5-6-13(17-10-12)20-7-3-2-4-8-20/h5-6,10H,1-4,7-9H2,(H,18,21)(H,19,22). The summed E-state index contributed by atoms with van der Waals surface area (Å²) >= 11 is 3.11. The number of carbonyl (C=O) groups is 2. The highest BCUT2D eigenvalue weighted by Gasteiger charge is 2.15. The number of hydrogen-bond donors (Lipinski definition) is 2. The summed E-state index contributed by atoms with van der Waals surface area (Å²) in [4.78, 5) is 29.8. The number of halogens is 1. The lowest BCUT2D eigenvalue weighted by atomic mass is 10.1. The van der Waals surface area contributed by atoms with Crippen LogP contribution >= 0.6 is 15.9 Å². The smallest absolute Gasteiger partial charge is 0.313 e. The van der Waals surface area contributed by atoms with Crippen molar-refractivity contribution in [2.45, 2.75) is 19.3 Å². The molecular weight excluding hydrogens is 348 g/mol. The van der Waals surface area contributed by atoms with Crippen LogP contribution in [0.1, 0.15) is 19.3 Å². The zero-order valence-corrected chi connectivity index (χ0v) is 13.9. The molecule has 1 saturated heterocycles. The van der Waals surface area contributed by atoms with E-state index in [1.54, 1.807) is 12.3 Å². The van der Waals surface area contributed by atoms with Gasteiger partial charge in [-0.15, -0.1) is 0 Å². The topological polar surface area (TPSA) is 74.3 Å². The first-order valence-corrected chi connectivity index (χ1v) is 7.99. The first kappa shape index (κ1) is 16.5. The summed E-state index contributed by atoms with van der Waals surface area (Å²) in [5.74, 6) is -0.528. The van der Waals surface area contributed by atoms with E-state index < -0.39 is 11.8 Å². The number of hydrogen-bond acceptors (Lipinski definition) is 4. The Bertz CT molecular complexity index is 553. The number of pyridine rings is 1. The Morgan fingerprint density at radius 3 is 2.55 bits per heavy atom. The summed E-state index contributed by atoms with van der Waals surface area (Å²) in [6.45, 7) is 5.81. The predicted molar refractivity (Wildman–Crippen MR) is 90.0 cm³/mol. The number of piperidine rings is 1. The third-order valence-electron chi connectivity index (χ3n) is 3.33. The van der Waals surface area contributed by atoms with E-state index in [2.05, 4.69) is 43.0 Å². The molecule has 2 heterocycles. The zero-order chi connectivity index (χ0) is 15.9. The maximum absolute atomic E-state index is 11.7. The van der Waals surface area contributed by atoms with E-state index in [1.165, 1.54) is 19.3 Å². The van der Waals surface area contributed by atoms with Gasteiger partial charge in [0.1, 0.15) is 5.82 Å². The molecule has 7 heteroatoms. The van der Waals surface area contributed by atoms with E-state index in [9.17, 15) is 9.59 Å². The molecule has 1 aromatic heterocycles. The minimum atomic E-state index is -0.721. The van der Waals surface area contributed by atoms with Gasteiger partial charge in [0, 0.05) is 24.1 Å². The van der Waals surface area contributed by atoms with Gasteiger partial charge in [0.05, 0.1) is 11.9 Å². The van der Waals surface area contributed by atoms with Crippen LogP contribution < -0.4 is 15.5 Å². The Morgan fingerprint density at radius 1 is 1.23 bits per heavy atom. The van der Waals surface area contributed by atoms with Gasteiger partial charge in [0.15, 0.2) is 0 Å². The van der Waals surface area contributed by atoms with Crippen molar-refractivity contribution in [3.63, 3.8) is 0 Å². The highest BCUT2D eigenvalue weighted by atomic mass is 79.9. The number of carbonyl (C=O) groups excluding carboxylic acids is 2. The SMILES string of the molecule is C=C(Br)CNC(=O)C(=O)Nc1ccc(N2CCCCC2)nc1. The van der Waals surface area contributed by atoms with Gasteiger partial charge in [-0.2, -0.15) is 0 Å². The van der Waals surface area contributed by atoms with E-state index in [1.807, 2.05) is 6.07 Å². The highest BCUT2D eigenvalue weighted by molar-refractivity contribution is 9.11. The number of aromatic nitrogens is 1. The minimum absolute atomic E-state index is 0.207. The number of amides is 2. The van der Waals surface area contributed by atoms with Crippen LogP contribution in [0.25, 0.3) is 0 Å². The molecule has 0 atom stereocenters. The van der Waals surface area contributed by atoms with Gasteiger partial charge >= 0.3 is 11.8 Å². The van der Waals surface area contributed by atoms with Crippen molar-refractivity contribution in [2.75, 3.05) is 29.9 Å². The van der Waals surface area contributed by atoms with Crippen LogP contribution in [0.5, 0.6) is 0 Å². The third kappa shape index (κ3) is 4.84. The summed E-state index contributed by atoms with van der Waals surface area (Å²) in [6, 6.07) is 3.62. The summed E-state index contributed by atoms with van der Waals surface area (Å²) < 4.78 is 0.598. The lowest BCUT2D eigenvalue weighted by molar-refractivity contribution is -0.136. The average molecular weight is 367 g/mol. The van der Waals surface area contributed by atoms with E-state index in [0.717, 1.165) is 18.9 Å². The maximum Gasteiger partial charge on any atom is 0.313 e. The van der Waals surface area contributed by atoms with Crippen LogP contribution in [-0.4, -0.2) is 36.4 Å². The van der Waals surface area contributed by atoms with Crippen LogP contribution in [0.15, 0.2) is 29.4 Å². The molecule has 0 saturated carbocycles. The Morgan fingerprint density at radius 2 is 1.95 bits per heavy atom. The monoisotopic (exact) mass is 366 g/mol. The molecular formula is C15H19BrN4O2. The van der Waals surface area contributed by atoms with E-state index in [0.29, 0.717) is 10.2 Å². The molecule has 118 valence electrons. The van der Waals surface area contributed by atoms with E-state index in [4.69, 9.17) is 0 Å². The molecule has 0 aromatic carbocycles. The molecule has 6 nitrogen and oxygen atoms in total. The molecule has 22 heavy (non-hydrogen) atoms. The first-order valence-electron chi connectivity index (χ1n) is 7.20. The highest BCUT2D eigenvalue weighted by Crippen LogP contribution is 2.18. The summed E-state index contributed by atoms with van der Waals surface area (Å²) in [7, 11) is 0. The Hall–Kier alpha value is -1.89. The minimum Gasteiger partial charge on any atom is -0.357 e. The van der Waals surface area contributed by atoms with Gasteiger partial charge in [0.25, 0.3) is 0 Å². The third-order valence-corrected chi connectivity index (χ3v) is 3.61. The van der Waals surface area contributed by atoms with Crippen molar-refractivity contribution in [1.29, 1.82) is 0 Å². The summed E-state index contributed by atoms with van der Waals surface area (Å²) in [6.07, 6.45) is 5.19. The van der Waals surface area contributed by atoms with Gasteiger partial charge in [-0.3, -0.25) is 9.59 Å². The van der Waals surface area contributed by atoms with Gasteiger partial charge in [-0.1, -0.05) is 22.5 Å². The predicted octanol–water partition coefficient (Wildman–Crippen LogP) is 2.04. The van der Waals surface area contributed by atoms with Crippen molar-refractivity contribution in [1.82, 2.24) is 10.3 Å². The molecule has 1 aromatic rings. The average Bonchev–Trinajstić information content (AvgIpc) is 2.54. The molecule has 2 amide bonds. The molecule has 0 spiro atoms. The van der Waals surface area contributed by atoms with E-state index in [-0.39, 0.29) is 6.54 Å². The normalized spacial score (nSPS) is 14.3. The number of nitrogens with one attached hydrogen (secondary N) is 2. The largest absolute Gasteiger partial charge is 0.357 e. The molecule has 0 radical (unpaired) electrons. The van der Waals surface area contributed by atoms with Crippen molar-refractivity contribution in [3.8, 4) is 0 Å². The quantitative estimate of drug-likeness (QED) is 0.799. The Labute approximate surface area is 138 Å². The van der Waals surface area contributed by atoms with Crippen LogP contribution in [-0.2, 0) is 9.59 Å². The number of rotatable bonds is 4. The van der Waals surface area contributed by atoms with Crippen molar-refractivity contribution in [3.05, 3.63) is 29.4 Å². The van der Waals surface area contributed by atoms with Gasteiger partial charge in [-0.05, 0) is 31.4 Å². The second-order valence-corrected chi connectivity index (χ2v) is 6.23. The molecule has 0 unspecified atom stereocenters. The molecule has 0 aliphatic carbocycles. The van der Waals surface area contributed by atoms with Gasteiger partial charge < -0.3 is 15.5 Å².